The molecule has 0 amide bonds. The molecule has 0 saturated carbocycles. The van der Waals surface area contributed by atoms with Crippen LogP contribution in [0.4, 0.5) is 0 Å². The second-order valence-electron chi connectivity index (χ2n) is 5.06. The minimum Gasteiger partial charge on any atom is -0.465 e. The summed E-state index contributed by atoms with van der Waals surface area (Å²) >= 11 is 0. The second kappa shape index (κ2) is 7.90. The molecule has 1 atom stereocenters. The summed E-state index contributed by atoms with van der Waals surface area (Å²) in [6, 6.07) is 0. The molecular weight excluding hydrogens is 232 g/mol. The predicted molar refractivity (Wildman–Crippen MR) is 70.0 cm³/mol. The van der Waals surface area contributed by atoms with Gasteiger partial charge in [-0.05, 0) is 47.0 Å². The molecule has 0 fully saturated rings. The lowest BCUT2D eigenvalue weighted by molar-refractivity contribution is -0.169. The van der Waals surface area contributed by atoms with Gasteiger partial charge in [0.1, 0.15) is 5.60 Å². The minimum atomic E-state index is -0.830. The highest BCUT2D eigenvalue weighted by atomic mass is 16.6. The van der Waals surface area contributed by atoms with Crippen LogP contribution in [0.5, 0.6) is 0 Å². The Morgan fingerprint density at radius 3 is 2.33 bits per heavy atom. The largest absolute Gasteiger partial charge is 0.465 e. The normalized spacial score (nSPS) is 12.7. The molecular formula is C14H24O4. The van der Waals surface area contributed by atoms with Crippen molar-refractivity contribution in [2.24, 2.45) is 5.92 Å². The van der Waals surface area contributed by atoms with Gasteiger partial charge in [-0.1, -0.05) is 6.08 Å². The van der Waals surface area contributed by atoms with Gasteiger partial charge in [0.2, 0.25) is 0 Å². The second-order valence-corrected chi connectivity index (χ2v) is 5.06. The lowest BCUT2D eigenvalue weighted by Crippen LogP contribution is -2.33. The first-order valence-electron chi connectivity index (χ1n) is 6.32. The molecule has 0 aromatic rings. The molecule has 0 aromatic carbocycles. The molecule has 0 unspecified atom stereocenters. The summed E-state index contributed by atoms with van der Waals surface area (Å²) in [5, 5.41) is 0. The maximum absolute atomic E-state index is 11.9. The topological polar surface area (TPSA) is 52.6 Å². The molecule has 0 N–H and O–H groups in total. The summed E-state index contributed by atoms with van der Waals surface area (Å²) < 4.78 is 10.1. The lowest BCUT2D eigenvalue weighted by atomic mass is 10.0. The highest BCUT2D eigenvalue weighted by Crippen LogP contribution is 2.17. The molecule has 0 rings (SSSR count). The summed E-state index contributed by atoms with van der Waals surface area (Å²) in [5.41, 5.74) is -0.597. The molecule has 104 valence electrons. The zero-order valence-electron chi connectivity index (χ0n) is 11.8. The van der Waals surface area contributed by atoms with E-state index in [1.807, 2.05) is 0 Å². The number of hydrogen-bond donors (Lipinski definition) is 0. The predicted octanol–water partition coefficient (Wildman–Crippen LogP) is 2.86. The van der Waals surface area contributed by atoms with Crippen LogP contribution in [0.25, 0.3) is 0 Å². The standard InChI is InChI=1S/C14H24O4/c1-6-8-9-10-11(12(15)17-7-2)13(16)18-14(3,4)5/h6,11H,1,7-10H2,2-5H3/t11-/m0/s1. The molecule has 0 aromatic heterocycles. The molecule has 0 bridgehead atoms. The quantitative estimate of drug-likeness (QED) is 0.304. The van der Waals surface area contributed by atoms with Crippen molar-refractivity contribution in [1.82, 2.24) is 0 Å². The molecule has 0 aliphatic rings. The van der Waals surface area contributed by atoms with Crippen LogP contribution in [-0.2, 0) is 19.1 Å². The van der Waals surface area contributed by atoms with Crippen LogP contribution in [0, 0.1) is 5.92 Å². The monoisotopic (exact) mass is 256 g/mol. The van der Waals surface area contributed by atoms with Gasteiger partial charge >= 0.3 is 11.9 Å². The SMILES string of the molecule is C=CCCC[C@@H](C(=O)OCC)C(=O)OC(C)(C)C. The highest BCUT2D eigenvalue weighted by molar-refractivity contribution is 5.95. The van der Waals surface area contributed by atoms with Gasteiger partial charge in [-0.25, -0.2) is 0 Å². The first-order valence-corrected chi connectivity index (χ1v) is 6.32. The molecule has 0 spiro atoms. The zero-order valence-corrected chi connectivity index (χ0v) is 11.8. The van der Waals surface area contributed by atoms with Crippen LogP contribution >= 0.6 is 0 Å². The first-order chi connectivity index (χ1) is 8.31. The van der Waals surface area contributed by atoms with Crippen molar-refractivity contribution in [1.29, 1.82) is 0 Å². The maximum atomic E-state index is 11.9. The Hall–Kier alpha value is -1.32. The van der Waals surface area contributed by atoms with E-state index in [4.69, 9.17) is 9.47 Å². The fourth-order valence-electron chi connectivity index (χ4n) is 1.41. The average molecular weight is 256 g/mol. The summed E-state index contributed by atoms with van der Waals surface area (Å²) in [5.74, 6) is -1.84. The van der Waals surface area contributed by atoms with Gasteiger partial charge < -0.3 is 9.47 Å². The Kier molecular flexibility index (Phi) is 7.32. The van der Waals surface area contributed by atoms with Crippen LogP contribution in [0.1, 0.15) is 47.0 Å². The highest BCUT2D eigenvalue weighted by Gasteiger charge is 2.31. The maximum Gasteiger partial charge on any atom is 0.320 e. The molecule has 0 radical (unpaired) electrons. The van der Waals surface area contributed by atoms with Crippen LogP contribution < -0.4 is 0 Å². The average Bonchev–Trinajstić information content (AvgIpc) is 2.22. The van der Waals surface area contributed by atoms with Gasteiger partial charge in [-0.15, -0.1) is 6.58 Å². The molecule has 0 aliphatic heterocycles. The van der Waals surface area contributed by atoms with Crippen LogP contribution in [0.15, 0.2) is 12.7 Å². The number of unbranched alkanes of at least 4 members (excludes halogenated alkanes) is 1. The van der Waals surface area contributed by atoms with Crippen molar-refractivity contribution in [3.63, 3.8) is 0 Å². The number of carbonyl (C=O) groups excluding carboxylic acids is 2. The van der Waals surface area contributed by atoms with Gasteiger partial charge in [0.25, 0.3) is 0 Å². The van der Waals surface area contributed by atoms with Gasteiger partial charge in [0.05, 0.1) is 6.61 Å². The van der Waals surface area contributed by atoms with E-state index in [1.165, 1.54) is 0 Å². The summed E-state index contributed by atoms with van der Waals surface area (Å²) in [6.07, 6.45) is 3.67. The Morgan fingerprint density at radius 2 is 1.89 bits per heavy atom. The Balaban J connectivity index is 4.58. The number of ether oxygens (including phenoxy) is 2. The van der Waals surface area contributed by atoms with Gasteiger partial charge in [0, 0.05) is 0 Å². The van der Waals surface area contributed by atoms with E-state index >= 15 is 0 Å². The van der Waals surface area contributed by atoms with E-state index in [0.717, 1.165) is 6.42 Å². The van der Waals surface area contributed by atoms with E-state index in [1.54, 1.807) is 33.8 Å². The molecule has 0 saturated heterocycles. The van der Waals surface area contributed by atoms with Crippen molar-refractivity contribution < 1.29 is 19.1 Å². The van der Waals surface area contributed by atoms with Gasteiger partial charge in [0.15, 0.2) is 5.92 Å². The van der Waals surface area contributed by atoms with Crippen LogP contribution in [0.2, 0.25) is 0 Å². The number of rotatable bonds is 7. The van der Waals surface area contributed by atoms with Gasteiger partial charge in [-0.3, -0.25) is 9.59 Å². The van der Waals surface area contributed by atoms with Crippen molar-refractivity contribution in [2.75, 3.05) is 6.61 Å². The number of carbonyl (C=O) groups is 2. The van der Waals surface area contributed by atoms with E-state index in [0.29, 0.717) is 12.8 Å². The Morgan fingerprint density at radius 1 is 1.28 bits per heavy atom. The van der Waals surface area contributed by atoms with E-state index in [2.05, 4.69) is 6.58 Å². The Labute approximate surface area is 109 Å². The third kappa shape index (κ3) is 7.09. The van der Waals surface area contributed by atoms with Crippen molar-refractivity contribution in [3.05, 3.63) is 12.7 Å². The molecule has 4 heteroatoms. The lowest BCUT2D eigenvalue weighted by Gasteiger charge is -2.23. The Bertz CT molecular complexity index is 289. The molecule has 0 heterocycles. The molecule has 4 nitrogen and oxygen atoms in total. The number of allylic oxidation sites excluding steroid dienone is 1. The van der Waals surface area contributed by atoms with Crippen LogP contribution in [0.3, 0.4) is 0 Å². The first kappa shape index (κ1) is 16.7. The number of esters is 2. The van der Waals surface area contributed by atoms with Crippen molar-refractivity contribution in [3.8, 4) is 0 Å². The van der Waals surface area contributed by atoms with Crippen molar-refractivity contribution in [2.45, 2.75) is 52.6 Å². The fourth-order valence-corrected chi connectivity index (χ4v) is 1.41. The van der Waals surface area contributed by atoms with Crippen molar-refractivity contribution >= 4 is 11.9 Å². The molecule has 0 aliphatic carbocycles. The van der Waals surface area contributed by atoms with E-state index < -0.39 is 23.5 Å². The number of hydrogen-bond acceptors (Lipinski definition) is 4. The molecule has 18 heavy (non-hydrogen) atoms. The summed E-state index contributed by atoms with van der Waals surface area (Å²) in [6.45, 7) is 10.9. The van der Waals surface area contributed by atoms with Crippen LogP contribution in [-0.4, -0.2) is 24.1 Å². The third-order valence-electron chi connectivity index (χ3n) is 2.16. The van der Waals surface area contributed by atoms with E-state index in [-0.39, 0.29) is 6.61 Å². The summed E-state index contributed by atoms with van der Waals surface area (Å²) in [4.78, 5) is 23.6. The van der Waals surface area contributed by atoms with E-state index in [9.17, 15) is 9.59 Å². The fraction of sp³-hybridized carbons (Fsp3) is 0.714. The van der Waals surface area contributed by atoms with Gasteiger partial charge in [-0.2, -0.15) is 0 Å². The zero-order chi connectivity index (χ0) is 14.2. The third-order valence-corrected chi connectivity index (χ3v) is 2.16. The summed E-state index contributed by atoms with van der Waals surface area (Å²) in [7, 11) is 0. The minimum absolute atomic E-state index is 0.263. The smallest absolute Gasteiger partial charge is 0.320 e.